The maximum atomic E-state index is 10.9. The molecule has 8 heteroatoms. The number of nitro benzene ring substituents is 1. The van der Waals surface area contributed by atoms with Gasteiger partial charge in [0.25, 0.3) is 5.69 Å². The highest BCUT2D eigenvalue weighted by Crippen LogP contribution is 2.33. The molecule has 0 aliphatic heterocycles. The molecule has 0 spiro atoms. The van der Waals surface area contributed by atoms with Crippen molar-refractivity contribution in [3.05, 3.63) is 86.8 Å². The highest BCUT2D eigenvalue weighted by Gasteiger charge is 2.13. The van der Waals surface area contributed by atoms with Crippen LogP contribution in [0.4, 0.5) is 5.69 Å². The minimum atomic E-state index is -0.455. The lowest BCUT2D eigenvalue weighted by molar-refractivity contribution is -0.384. The summed E-state index contributed by atoms with van der Waals surface area (Å²) >= 11 is 3.35. The number of rotatable bonds is 5. The van der Waals surface area contributed by atoms with E-state index in [1.807, 2.05) is 28.8 Å². The summed E-state index contributed by atoms with van der Waals surface area (Å²) in [6.45, 7) is 0.369. The molecule has 0 unspecified atom stereocenters. The number of fused-ring (bicyclic) bond motifs is 1. The van der Waals surface area contributed by atoms with Crippen LogP contribution in [0.3, 0.4) is 0 Å². The summed E-state index contributed by atoms with van der Waals surface area (Å²) < 4.78 is 8.30. The quantitative estimate of drug-likeness (QED) is 0.225. The second-order valence-electron chi connectivity index (χ2n) is 6.27. The number of benzene rings is 2. The molecule has 0 saturated carbocycles. The first-order valence-corrected chi connectivity index (χ1v) is 9.39. The number of hydrogen-bond acceptors (Lipinski definition) is 5. The highest BCUT2D eigenvalue weighted by atomic mass is 79.9. The number of non-ortho nitro benzene ring substituents is 1. The van der Waals surface area contributed by atoms with Gasteiger partial charge in [0.15, 0.2) is 0 Å². The standard InChI is InChI=1S/C21H13BrN4O3/c22-18-10-15(26(27)28)5-7-17(18)21-8-6-16(29-21)9-14(11-23)12-25-13-24-19-3-1-2-4-20(19)25/h1-10,13H,12H2/b14-9-. The van der Waals surface area contributed by atoms with E-state index >= 15 is 0 Å². The van der Waals surface area contributed by atoms with Crippen molar-refractivity contribution in [1.29, 1.82) is 5.26 Å². The lowest BCUT2D eigenvalue weighted by atomic mass is 10.1. The van der Waals surface area contributed by atoms with Gasteiger partial charge in [-0.15, -0.1) is 0 Å². The van der Waals surface area contributed by atoms with E-state index < -0.39 is 4.92 Å². The van der Waals surface area contributed by atoms with Gasteiger partial charge in [-0.05, 0) is 52.3 Å². The van der Waals surface area contributed by atoms with Crippen LogP contribution in [0.1, 0.15) is 5.76 Å². The molecule has 7 nitrogen and oxygen atoms in total. The predicted octanol–water partition coefficient (Wildman–Crippen LogP) is 5.57. The third kappa shape index (κ3) is 3.81. The molecule has 4 rings (SSSR count). The third-order valence-corrected chi connectivity index (χ3v) is 5.04. The van der Waals surface area contributed by atoms with E-state index in [4.69, 9.17) is 4.42 Å². The molecule has 0 bridgehead atoms. The van der Waals surface area contributed by atoms with Gasteiger partial charge in [0, 0.05) is 22.2 Å². The van der Waals surface area contributed by atoms with E-state index in [1.165, 1.54) is 12.1 Å². The van der Waals surface area contributed by atoms with E-state index in [0.717, 1.165) is 11.0 Å². The number of nitro groups is 1. The van der Waals surface area contributed by atoms with Crippen molar-refractivity contribution in [2.24, 2.45) is 0 Å². The molecule has 0 amide bonds. The van der Waals surface area contributed by atoms with Gasteiger partial charge in [-0.2, -0.15) is 5.26 Å². The number of allylic oxidation sites excluding steroid dienone is 1. The lowest BCUT2D eigenvalue weighted by Crippen LogP contribution is -1.98. The first-order valence-electron chi connectivity index (χ1n) is 8.60. The number of aromatic nitrogens is 2. The van der Waals surface area contributed by atoms with Gasteiger partial charge in [0.2, 0.25) is 0 Å². The van der Waals surface area contributed by atoms with Crippen molar-refractivity contribution < 1.29 is 9.34 Å². The first kappa shape index (κ1) is 18.7. The molecule has 2 aromatic heterocycles. The normalized spacial score (nSPS) is 11.5. The Morgan fingerprint density at radius 2 is 2.10 bits per heavy atom. The SMILES string of the molecule is N#C/C(=C/c1ccc(-c2ccc([N+](=O)[O-])cc2Br)o1)Cn1cnc2ccccc21. The average molecular weight is 449 g/mol. The molecular weight excluding hydrogens is 436 g/mol. The zero-order valence-electron chi connectivity index (χ0n) is 14.9. The Labute approximate surface area is 173 Å². The number of imidazole rings is 1. The Balaban J connectivity index is 1.61. The number of furan rings is 1. The summed E-state index contributed by atoms with van der Waals surface area (Å²) in [4.78, 5) is 14.8. The number of hydrogen-bond donors (Lipinski definition) is 0. The number of nitriles is 1. The van der Waals surface area contributed by atoms with E-state index in [1.54, 1.807) is 30.6 Å². The van der Waals surface area contributed by atoms with Gasteiger partial charge in [0.05, 0.1) is 40.5 Å². The summed E-state index contributed by atoms with van der Waals surface area (Å²) in [5.74, 6) is 1.06. The summed E-state index contributed by atoms with van der Waals surface area (Å²) in [5, 5.41) is 20.4. The Morgan fingerprint density at radius 1 is 1.28 bits per heavy atom. The van der Waals surface area contributed by atoms with Gasteiger partial charge in [0.1, 0.15) is 11.5 Å². The number of nitrogens with zero attached hydrogens (tertiary/aromatic N) is 4. The highest BCUT2D eigenvalue weighted by molar-refractivity contribution is 9.10. The van der Waals surface area contributed by atoms with Crippen LogP contribution in [0.2, 0.25) is 0 Å². The maximum Gasteiger partial charge on any atom is 0.270 e. The average Bonchev–Trinajstić information content (AvgIpc) is 3.34. The molecule has 0 fully saturated rings. The van der Waals surface area contributed by atoms with Crippen LogP contribution in [-0.2, 0) is 6.54 Å². The van der Waals surface area contributed by atoms with Gasteiger partial charge >= 0.3 is 0 Å². The van der Waals surface area contributed by atoms with Crippen LogP contribution in [0.25, 0.3) is 28.4 Å². The second-order valence-corrected chi connectivity index (χ2v) is 7.12. The summed E-state index contributed by atoms with van der Waals surface area (Å²) in [7, 11) is 0. The molecule has 4 aromatic rings. The molecule has 0 radical (unpaired) electrons. The first-order chi connectivity index (χ1) is 14.0. The number of para-hydroxylation sites is 2. The Bertz CT molecular complexity index is 1300. The lowest BCUT2D eigenvalue weighted by Gasteiger charge is -2.03. The van der Waals surface area contributed by atoms with Crippen molar-refractivity contribution in [2.75, 3.05) is 0 Å². The van der Waals surface area contributed by atoms with Crippen LogP contribution in [-0.4, -0.2) is 14.5 Å². The van der Waals surface area contributed by atoms with E-state index in [2.05, 4.69) is 27.0 Å². The van der Waals surface area contributed by atoms with Gasteiger partial charge in [-0.25, -0.2) is 4.98 Å². The van der Waals surface area contributed by atoms with Gasteiger partial charge in [-0.1, -0.05) is 12.1 Å². The topological polar surface area (TPSA) is 97.9 Å². The van der Waals surface area contributed by atoms with Crippen molar-refractivity contribution in [1.82, 2.24) is 9.55 Å². The van der Waals surface area contributed by atoms with E-state index in [-0.39, 0.29) is 5.69 Å². The fourth-order valence-electron chi connectivity index (χ4n) is 3.00. The monoisotopic (exact) mass is 448 g/mol. The van der Waals surface area contributed by atoms with Crippen LogP contribution in [0.5, 0.6) is 0 Å². The van der Waals surface area contributed by atoms with Crippen molar-refractivity contribution in [3.8, 4) is 17.4 Å². The summed E-state index contributed by atoms with van der Waals surface area (Å²) in [6, 6.07) is 17.9. The summed E-state index contributed by atoms with van der Waals surface area (Å²) in [6.07, 6.45) is 3.38. The van der Waals surface area contributed by atoms with Crippen LogP contribution in [0.15, 0.2) is 75.4 Å². The zero-order valence-corrected chi connectivity index (χ0v) is 16.5. The van der Waals surface area contributed by atoms with Crippen molar-refractivity contribution >= 4 is 38.7 Å². The molecule has 0 atom stereocenters. The summed E-state index contributed by atoms with van der Waals surface area (Å²) in [5.41, 5.74) is 3.01. The predicted molar refractivity (Wildman–Crippen MR) is 112 cm³/mol. The molecule has 0 saturated heterocycles. The van der Waals surface area contributed by atoms with Crippen molar-refractivity contribution in [2.45, 2.75) is 6.54 Å². The fraction of sp³-hybridized carbons (Fsp3) is 0.0476. The molecule has 2 aromatic carbocycles. The third-order valence-electron chi connectivity index (χ3n) is 4.38. The van der Waals surface area contributed by atoms with Gasteiger partial charge in [-0.3, -0.25) is 10.1 Å². The number of halogens is 1. The minimum Gasteiger partial charge on any atom is -0.457 e. The van der Waals surface area contributed by atoms with E-state index in [0.29, 0.717) is 33.7 Å². The van der Waals surface area contributed by atoms with Crippen LogP contribution < -0.4 is 0 Å². The van der Waals surface area contributed by atoms with Crippen LogP contribution >= 0.6 is 15.9 Å². The molecule has 142 valence electrons. The zero-order chi connectivity index (χ0) is 20.4. The Kier molecular flexibility index (Phi) is 4.97. The minimum absolute atomic E-state index is 0.00775. The maximum absolute atomic E-state index is 10.9. The molecule has 2 heterocycles. The molecule has 29 heavy (non-hydrogen) atoms. The molecule has 0 N–H and O–H groups in total. The largest absolute Gasteiger partial charge is 0.457 e. The Hall–Kier alpha value is -3.70. The fourth-order valence-corrected chi connectivity index (χ4v) is 3.56. The van der Waals surface area contributed by atoms with Crippen molar-refractivity contribution in [3.63, 3.8) is 0 Å². The Morgan fingerprint density at radius 3 is 2.86 bits per heavy atom. The molecular formula is C21H13BrN4O3. The second kappa shape index (κ2) is 7.73. The molecule has 0 aliphatic carbocycles. The smallest absolute Gasteiger partial charge is 0.270 e. The van der Waals surface area contributed by atoms with Crippen LogP contribution in [0, 0.1) is 21.4 Å². The van der Waals surface area contributed by atoms with Gasteiger partial charge < -0.3 is 8.98 Å². The van der Waals surface area contributed by atoms with E-state index in [9.17, 15) is 15.4 Å². The molecule has 0 aliphatic rings.